The number of aliphatic hydroxyl groups is 1. The first-order valence-corrected chi connectivity index (χ1v) is 7.04. The molecule has 1 heterocycles. The van der Waals surface area contributed by atoms with Crippen LogP contribution in [-0.4, -0.2) is 28.8 Å². The lowest BCUT2D eigenvalue weighted by Crippen LogP contribution is -2.38. The zero-order valence-electron chi connectivity index (χ0n) is 12.2. The topological polar surface area (TPSA) is 75.4 Å². The number of amides is 1. The highest BCUT2D eigenvalue weighted by Crippen LogP contribution is 2.18. The Morgan fingerprint density at radius 2 is 2.05 bits per heavy atom. The summed E-state index contributed by atoms with van der Waals surface area (Å²) >= 11 is 0. The predicted octanol–water partition coefficient (Wildman–Crippen LogP) is 2.48. The molecule has 0 aliphatic heterocycles. The SMILES string of the molecule is CC(C)CC(CO)NC(=O)c1cc(-c2ccccc2)no1. The number of nitrogens with zero attached hydrogens (tertiary/aromatic N) is 1. The molecule has 0 spiro atoms. The van der Waals surface area contributed by atoms with Crippen LogP contribution in [0.2, 0.25) is 0 Å². The smallest absolute Gasteiger partial charge is 0.290 e. The maximum Gasteiger partial charge on any atom is 0.290 e. The summed E-state index contributed by atoms with van der Waals surface area (Å²) in [6.45, 7) is 3.98. The Balaban J connectivity index is 2.05. The summed E-state index contributed by atoms with van der Waals surface area (Å²) in [6, 6.07) is 10.8. The van der Waals surface area contributed by atoms with Gasteiger partial charge in [0, 0.05) is 11.6 Å². The maximum absolute atomic E-state index is 12.1. The summed E-state index contributed by atoms with van der Waals surface area (Å²) in [4.78, 5) is 12.1. The van der Waals surface area contributed by atoms with Crippen molar-refractivity contribution in [3.8, 4) is 11.3 Å². The first-order valence-electron chi connectivity index (χ1n) is 7.04. The third-order valence-electron chi connectivity index (χ3n) is 3.12. The zero-order valence-corrected chi connectivity index (χ0v) is 12.2. The summed E-state index contributed by atoms with van der Waals surface area (Å²) in [5.74, 6) is 0.178. The first-order chi connectivity index (χ1) is 10.1. The number of nitrogens with one attached hydrogen (secondary N) is 1. The molecule has 0 aliphatic rings. The highest BCUT2D eigenvalue weighted by Gasteiger charge is 2.18. The van der Waals surface area contributed by atoms with Gasteiger partial charge in [-0.3, -0.25) is 4.79 Å². The van der Waals surface area contributed by atoms with E-state index in [2.05, 4.69) is 10.5 Å². The van der Waals surface area contributed by atoms with E-state index in [1.165, 1.54) is 0 Å². The molecule has 1 aromatic carbocycles. The Morgan fingerprint density at radius 3 is 2.67 bits per heavy atom. The van der Waals surface area contributed by atoms with E-state index in [1.807, 2.05) is 44.2 Å². The quantitative estimate of drug-likeness (QED) is 0.856. The van der Waals surface area contributed by atoms with Gasteiger partial charge in [-0.15, -0.1) is 0 Å². The Labute approximate surface area is 124 Å². The van der Waals surface area contributed by atoms with Gasteiger partial charge in [-0.2, -0.15) is 0 Å². The molecule has 2 N–H and O–H groups in total. The van der Waals surface area contributed by atoms with E-state index >= 15 is 0 Å². The van der Waals surface area contributed by atoms with E-state index in [0.29, 0.717) is 18.0 Å². The van der Waals surface area contributed by atoms with E-state index in [0.717, 1.165) is 5.56 Å². The number of aromatic nitrogens is 1. The molecule has 0 saturated carbocycles. The number of rotatable bonds is 6. The monoisotopic (exact) mass is 288 g/mol. The maximum atomic E-state index is 12.1. The molecule has 112 valence electrons. The third kappa shape index (κ3) is 4.16. The molecule has 1 aromatic heterocycles. The van der Waals surface area contributed by atoms with Gasteiger partial charge in [0.15, 0.2) is 0 Å². The van der Waals surface area contributed by atoms with Crippen molar-refractivity contribution in [1.29, 1.82) is 0 Å². The lowest BCUT2D eigenvalue weighted by molar-refractivity contribution is 0.0871. The summed E-state index contributed by atoms with van der Waals surface area (Å²) < 4.78 is 5.09. The summed E-state index contributed by atoms with van der Waals surface area (Å²) in [7, 11) is 0. The van der Waals surface area contributed by atoms with Gasteiger partial charge >= 0.3 is 0 Å². The highest BCUT2D eigenvalue weighted by atomic mass is 16.5. The molecule has 2 rings (SSSR count). The van der Waals surface area contributed by atoms with E-state index in [-0.39, 0.29) is 24.3 Å². The molecule has 0 saturated heterocycles. The molecular weight excluding hydrogens is 268 g/mol. The second kappa shape index (κ2) is 7.04. The Kier molecular flexibility index (Phi) is 5.11. The van der Waals surface area contributed by atoms with Crippen LogP contribution in [0.15, 0.2) is 40.9 Å². The van der Waals surface area contributed by atoms with Gasteiger partial charge in [-0.25, -0.2) is 0 Å². The van der Waals surface area contributed by atoms with Gasteiger partial charge in [0.2, 0.25) is 5.76 Å². The van der Waals surface area contributed by atoms with E-state index < -0.39 is 0 Å². The largest absolute Gasteiger partial charge is 0.394 e. The number of benzene rings is 1. The standard InChI is InChI=1S/C16H20N2O3/c1-11(2)8-13(10-19)17-16(20)15-9-14(18-21-15)12-6-4-3-5-7-12/h3-7,9,11,13,19H,8,10H2,1-2H3,(H,17,20). The molecule has 21 heavy (non-hydrogen) atoms. The van der Waals surface area contributed by atoms with Gasteiger partial charge < -0.3 is 14.9 Å². The van der Waals surface area contributed by atoms with Crippen LogP contribution in [0.3, 0.4) is 0 Å². The van der Waals surface area contributed by atoms with Crippen molar-refractivity contribution in [1.82, 2.24) is 10.5 Å². The Morgan fingerprint density at radius 1 is 1.33 bits per heavy atom. The van der Waals surface area contributed by atoms with Crippen LogP contribution in [-0.2, 0) is 0 Å². The number of hydrogen-bond donors (Lipinski definition) is 2. The van der Waals surface area contributed by atoms with Gasteiger partial charge in [-0.1, -0.05) is 49.3 Å². The van der Waals surface area contributed by atoms with Crippen LogP contribution < -0.4 is 5.32 Å². The molecule has 1 amide bonds. The normalized spacial score (nSPS) is 12.4. The van der Waals surface area contributed by atoms with Crippen molar-refractivity contribution >= 4 is 5.91 Å². The van der Waals surface area contributed by atoms with Crippen LogP contribution in [0.1, 0.15) is 30.8 Å². The molecule has 5 heteroatoms. The highest BCUT2D eigenvalue weighted by molar-refractivity contribution is 5.92. The van der Waals surface area contributed by atoms with Gasteiger partial charge in [0.25, 0.3) is 5.91 Å². The molecule has 5 nitrogen and oxygen atoms in total. The molecule has 1 atom stereocenters. The number of aliphatic hydroxyl groups excluding tert-OH is 1. The summed E-state index contributed by atoms with van der Waals surface area (Å²) in [5, 5.41) is 16.0. The summed E-state index contributed by atoms with van der Waals surface area (Å²) in [6.07, 6.45) is 0.710. The van der Waals surface area contributed by atoms with Crippen molar-refractivity contribution in [3.63, 3.8) is 0 Å². The number of carbonyl (C=O) groups is 1. The lowest BCUT2D eigenvalue weighted by atomic mass is 10.0. The summed E-state index contributed by atoms with van der Waals surface area (Å²) in [5.41, 5.74) is 1.51. The second-order valence-electron chi connectivity index (χ2n) is 5.42. The van der Waals surface area contributed by atoms with Crippen LogP contribution in [0.5, 0.6) is 0 Å². The van der Waals surface area contributed by atoms with Crippen LogP contribution in [0, 0.1) is 5.92 Å². The van der Waals surface area contributed by atoms with Gasteiger partial charge in [0.05, 0.1) is 12.6 Å². The van der Waals surface area contributed by atoms with E-state index in [1.54, 1.807) is 6.07 Å². The van der Waals surface area contributed by atoms with E-state index in [9.17, 15) is 9.90 Å². The van der Waals surface area contributed by atoms with Gasteiger partial charge in [-0.05, 0) is 12.3 Å². The molecule has 0 aliphatic carbocycles. The minimum Gasteiger partial charge on any atom is -0.394 e. The van der Waals surface area contributed by atoms with Crippen molar-refractivity contribution in [2.24, 2.45) is 5.92 Å². The number of carbonyl (C=O) groups excluding carboxylic acids is 1. The molecule has 0 radical (unpaired) electrons. The van der Waals surface area contributed by atoms with Crippen LogP contribution in [0.25, 0.3) is 11.3 Å². The predicted molar refractivity (Wildman–Crippen MR) is 79.7 cm³/mol. The second-order valence-corrected chi connectivity index (χ2v) is 5.42. The fourth-order valence-electron chi connectivity index (χ4n) is 2.13. The van der Waals surface area contributed by atoms with Crippen LogP contribution in [0.4, 0.5) is 0 Å². The fourth-order valence-corrected chi connectivity index (χ4v) is 2.13. The molecular formula is C16H20N2O3. The fraction of sp³-hybridized carbons (Fsp3) is 0.375. The Bertz CT molecular complexity index is 578. The minimum atomic E-state index is -0.357. The van der Waals surface area contributed by atoms with Crippen molar-refractivity contribution in [2.45, 2.75) is 26.3 Å². The number of hydrogen-bond acceptors (Lipinski definition) is 4. The van der Waals surface area contributed by atoms with Crippen LogP contribution >= 0.6 is 0 Å². The molecule has 0 fully saturated rings. The molecule has 0 bridgehead atoms. The van der Waals surface area contributed by atoms with Crippen molar-refractivity contribution in [3.05, 3.63) is 42.2 Å². The average molecular weight is 288 g/mol. The van der Waals surface area contributed by atoms with E-state index in [4.69, 9.17) is 4.52 Å². The van der Waals surface area contributed by atoms with Crippen molar-refractivity contribution in [2.75, 3.05) is 6.61 Å². The Hall–Kier alpha value is -2.14. The zero-order chi connectivity index (χ0) is 15.2. The minimum absolute atomic E-state index is 0.0937. The van der Waals surface area contributed by atoms with Gasteiger partial charge in [0.1, 0.15) is 5.69 Å². The molecule has 2 aromatic rings. The molecule has 1 unspecified atom stereocenters. The first kappa shape index (κ1) is 15.3. The average Bonchev–Trinajstić information content (AvgIpc) is 2.97. The third-order valence-corrected chi connectivity index (χ3v) is 3.12. The van der Waals surface area contributed by atoms with Crippen molar-refractivity contribution < 1.29 is 14.4 Å². The lowest BCUT2D eigenvalue weighted by Gasteiger charge is -2.17.